The van der Waals surface area contributed by atoms with Crippen LogP contribution in [-0.4, -0.2) is 32.5 Å². The normalized spacial score (nSPS) is 11.1. The molecule has 0 fully saturated rings. The van der Waals surface area contributed by atoms with E-state index in [0.29, 0.717) is 18.7 Å². The van der Waals surface area contributed by atoms with Crippen LogP contribution in [0.3, 0.4) is 0 Å². The maximum absolute atomic E-state index is 12.8. The molecule has 10 heteroatoms. The fourth-order valence-electron chi connectivity index (χ4n) is 2.60. The molecule has 8 nitrogen and oxygen atoms in total. The minimum Gasteiger partial charge on any atom is -0.350 e. The number of aromatic nitrogens is 3. The molecule has 4 N–H and O–H groups in total. The Labute approximate surface area is 176 Å². The van der Waals surface area contributed by atoms with Crippen LogP contribution >= 0.6 is 24.8 Å². The maximum atomic E-state index is 12.8. The molecule has 0 atom stereocenters. The number of rotatable bonds is 6. The van der Waals surface area contributed by atoms with Gasteiger partial charge in [0, 0.05) is 24.3 Å². The Morgan fingerprint density at radius 1 is 1.32 bits per heavy atom. The maximum Gasteiger partial charge on any atom is 0.329 e. The van der Waals surface area contributed by atoms with E-state index in [1.54, 1.807) is 19.9 Å². The van der Waals surface area contributed by atoms with Crippen molar-refractivity contribution in [3.05, 3.63) is 38.2 Å². The molecule has 0 aromatic carbocycles. The first-order valence-electron chi connectivity index (χ1n) is 8.80. The van der Waals surface area contributed by atoms with Gasteiger partial charge in [0.2, 0.25) is 0 Å². The van der Waals surface area contributed by atoms with Crippen LogP contribution in [-0.2, 0) is 6.54 Å². The van der Waals surface area contributed by atoms with Crippen molar-refractivity contribution in [3.8, 4) is 0 Å². The molecule has 0 unspecified atom stereocenters. The molecule has 0 saturated carbocycles. The summed E-state index contributed by atoms with van der Waals surface area (Å²) in [5.41, 5.74) is 5.29. The van der Waals surface area contributed by atoms with E-state index in [1.165, 1.54) is 4.57 Å². The lowest BCUT2D eigenvalue weighted by atomic mass is 10.0. The van der Waals surface area contributed by atoms with E-state index in [9.17, 15) is 14.4 Å². The van der Waals surface area contributed by atoms with Crippen molar-refractivity contribution in [2.45, 2.75) is 59.0 Å². The van der Waals surface area contributed by atoms with Crippen LogP contribution in [0.1, 0.15) is 63.0 Å². The molecule has 0 aliphatic heterocycles. The second kappa shape index (κ2) is 10.0. The monoisotopic (exact) mass is 433 g/mol. The average Bonchev–Trinajstić information content (AvgIpc) is 2.54. The van der Waals surface area contributed by atoms with E-state index < -0.39 is 22.7 Å². The molecule has 2 aromatic rings. The number of amides is 1. The van der Waals surface area contributed by atoms with E-state index in [1.807, 2.05) is 20.8 Å². The van der Waals surface area contributed by atoms with Crippen molar-refractivity contribution in [2.75, 3.05) is 6.54 Å². The van der Waals surface area contributed by atoms with Gasteiger partial charge in [0.15, 0.2) is 5.65 Å². The zero-order valence-corrected chi connectivity index (χ0v) is 18.4. The topological polar surface area (TPSA) is 123 Å². The van der Waals surface area contributed by atoms with Crippen LogP contribution in [0.5, 0.6) is 0 Å². The molecule has 2 rings (SSSR count). The number of hydrogen-bond donors (Lipinski definition) is 3. The number of pyridine rings is 1. The summed E-state index contributed by atoms with van der Waals surface area (Å²) in [5.74, 6) is -0.383. The number of hydrogen-bond acceptors (Lipinski definition) is 5. The second-order valence-corrected chi connectivity index (χ2v) is 7.53. The number of H-pyrrole nitrogens is 1. The van der Waals surface area contributed by atoms with Gasteiger partial charge in [-0.3, -0.25) is 19.1 Å². The minimum absolute atomic E-state index is 0. The predicted molar refractivity (Wildman–Crippen MR) is 116 cm³/mol. The van der Waals surface area contributed by atoms with Crippen molar-refractivity contribution >= 4 is 41.8 Å². The second-order valence-electron chi connectivity index (χ2n) is 7.53. The lowest BCUT2D eigenvalue weighted by Crippen LogP contribution is -2.45. The first-order chi connectivity index (χ1) is 12.0. The number of carbonyl (C=O) groups excluding carboxylic acids is 1. The van der Waals surface area contributed by atoms with E-state index in [-0.39, 0.29) is 53.9 Å². The number of fused-ring (bicyclic) bond motifs is 1. The Morgan fingerprint density at radius 3 is 2.43 bits per heavy atom. The summed E-state index contributed by atoms with van der Waals surface area (Å²) in [6.07, 6.45) is 0.692. The number of nitrogens with one attached hydrogen (secondary N) is 2. The van der Waals surface area contributed by atoms with Gasteiger partial charge in [0.25, 0.3) is 11.5 Å². The van der Waals surface area contributed by atoms with Gasteiger partial charge in [-0.2, -0.15) is 0 Å². The molecule has 0 spiro atoms. The molecule has 0 saturated heterocycles. The molecule has 0 bridgehead atoms. The highest BCUT2D eigenvalue weighted by Crippen LogP contribution is 2.20. The minimum atomic E-state index is -0.614. The third-order valence-corrected chi connectivity index (χ3v) is 3.96. The van der Waals surface area contributed by atoms with E-state index in [2.05, 4.69) is 15.3 Å². The fourth-order valence-corrected chi connectivity index (χ4v) is 2.60. The largest absolute Gasteiger partial charge is 0.350 e. The van der Waals surface area contributed by atoms with Gasteiger partial charge in [-0.25, -0.2) is 9.78 Å². The summed E-state index contributed by atoms with van der Waals surface area (Å²) in [4.78, 5) is 44.2. The van der Waals surface area contributed by atoms with E-state index in [0.717, 1.165) is 0 Å². The van der Waals surface area contributed by atoms with Crippen LogP contribution in [0.25, 0.3) is 11.0 Å². The SMILES string of the molecule is CCCn1c(=O)[nH]c(=O)c2c(C(=O)NCC(C)(C)N)cc(C(C)C)nc21.Cl.Cl. The molecule has 28 heavy (non-hydrogen) atoms. The quantitative estimate of drug-likeness (QED) is 0.641. The Kier molecular flexibility index (Phi) is 9.36. The zero-order chi connectivity index (χ0) is 19.6. The Balaban J connectivity index is 0.00000364. The van der Waals surface area contributed by atoms with Crippen LogP contribution in [0.15, 0.2) is 15.7 Å². The first-order valence-corrected chi connectivity index (χ1v) is 8.80. The van der Waals surface area contributed by atoms with Gasteiger partial charge in [0.1, 0.15) is 0 Å². The molecule has 0 aliphatic carbocycles. The Morgan fingerprint density at radius 2 is 1.93 bits per heavy atom. The van der Waals surface area contributed by atoms with Gasteiger partial charge < -0.3 is 11.1 Å². The third kappa shape index (κ3) is 5.80. The smallest absolute Gasteiger partial charge is 0.329 e. The van der Waals surface area contributed by atoms with E-state index >= 15 is 0 Å². The number of aromatic amines is 1. The van der Waals surface area contributed by atoms with Gasteiger partial charge in [-0.05, 0) is 32.3 Å². The molecule has 2 aromatic heterocycles. The summed E-state index contributed by atoms with van der Waals surface area (Å²) in [6, 6.07) is 1.61. The molecule has 158 valence electrons. The summed E-state index contributed by atoms with van der Waals surface area (Å²) in [6.45, 7) is 10.0. The number of nitrogens with two attached hydrogens (primary N) is 1. The summed E-state index contributed by atoms with van der Waals surface area (Å²) >= 11 is 0. The number of halogens is 2. The van der Waals surface area contributed by atoms with Crippen molar-refractivity contribution in [3.63, 3.8) is 0 Å². The Hall–Kier alpha value is -1.90. The lowest BCUT2D eigenvalue weighted by molar-refractivity contribution is 0.0947. The molecule has 0 radical (unpaired) electrons. The van der Waals surface area contributed by atoms with Gasteiger partial charge in [-0.15, -0.1) is 24.8 Å². The highest BCUT2D eigenvalue weighted by atomic mass is 35.5. The standard InChI is InChI=1S/C18H27N5O3.2ClH/c1-6-7-23-14-13(16(25)22-17(23)26)11(8-12(21-14)10(2)3)15(24)20-9-18(4,5)19;;/h8,10H,6-7,9,19H2,1-5H3,(H,20,24)(H,22,25,26);2*1H. The fraction of sp³-hybridized carbons (Fsp3) is 0.556. The Bertz CT molecular complexity index is 945. The zero-order valence-electron chi connectivity index (χ0n) is 16.8. The third-order valence-electron chi connectivity index (χ3n) is 3.96. The number of aryl methyl sites for hydroxylation is 1. The molecule has 0 aliphatic rings. The molecule has 1 amide bonds. The van der Waals surface area contributed by atoms with E-state index in [4.69, 9.17) is 5.73 Å². The van der Waals surface area contributed by atoms with Gasteiger partial charge in [0.05, 0.1) is 10.9 Å². The van der Waals surface area contributed by atoms with Crippen LogP contribution in [0.4, 0.5) is 0 Å². The summed E-state index contributed by atoms with van der Waals surface area (Å²) < 4.78 is 1.41. The summed E-state index contributed by atoms with van der Waals surface area (Å²) in [5, 5.41) is 2.88. The predicted octanol–water partition coefficient (Wildman–Crippen LogP) is 1.93. The van der Waals surface area contributed by atoms with Gasteiger partial charge in [-0.1, -0.05) is 20.8 Å². The molecular weight excluding hydrogens is 405 g/mol. The van der Waals surface area contributed by atoms with Crippen molar-refractivity contribution in [1.29, 1.82) is 0 Å². The molecular formula is C18H29Cl2N5O3. The van der Waals surface area contributed by atoms with Gasteiger partial charge >= 0.3 is 5.69 Å². The van der Waals surface area contributed by atoms with Crippen molar-refractivity contribution in [1.82, 2.24) is 19.9 Å². The van der Waals surface area contributed by atoms with Crippen LogP contribution in [0, 0.1) is 0 Å². The van der Waals surface area contributed by atoms with Crippen LogP contribution in [0.2, 0.25) is 0 Å². The summed E-state index contributed by atoms with van der Waals surface area (Å²) in [7, 11) is 0. The first kappa shape index (κ1) is 26.1. The number of carbonyl (C=O) groups is 1. The van der Waals surface area contributed by atoms with Crippen molar-refractivity contribution < 1.29 is 4.79 Å². The highest BCUT2D eigenvalue weighted by Gasteiger charge is 2.21. The molecule has 2 heterocycles. The average molecular weight is 434 g/mol. The van der Waals surface area contributed by atoms with Crippen molar-refractivity contribution in [2.24, 2.45) is 5.73 Å². The highest BCUT2D eigenvalue weighted by molar-refractivity contribution is 6.05. The number of nitrogens with zero attached hydrogens (tertiary/aromatic N) is 2. The van der Waals surface area contributed by atoms with Crippen LogP contribution < -0.4 is 22.3 Å². The lowest BCUT2D eigenvalue weighted by Gasteiger charge is -2.20.